The lowest BCUT2D eigenvalue weighted by Gasteiger charge is -2.63. The second-order valence-electron chi connectivity index (χ2n) is 8.30. The number of hydrogen-bond donors (Lipinski definition) is 1. The van der Waals surface area contributed by atoms with Crippen LogP contribution in [0.5, 0.6) is 0 Å². The van der Waals surface area contributed by atoms with E-state index in [1.165, 1.54) is 44.9 Å². The summed E-state index contributed by atoms with van der Waals surface area (Å²) in [5, 5.41) is 3.85. The van der Waals surface area contributed by atoms with Crippen LogP contribution in [0.25, 0.3) is 0 Å². The fourth-order valence-electron chi connectivity index (χ4n) is 6.21. The molecule has 0 amide bonds. The van der Waals surface area contributed by atoms with Crippen molar-refractivity contribution in [3.8, 4) is 0 Å². The van der Waals surface area contributed by atoms with Crippen LogP contribution >= 0.6 is 0 Å². The summed E-state index contributed by atoms with van der Waals surface area (Å²) in [6, 6.07) is 0.590. The van der Waals surface area contributed by atoms with Crippen molar-refractivity contribution in [1.29, 1.82) is 0 Å². The first-order valence-electron chi connectivity index (χ1n) is 8.90. The van der Waals surface area contributed by atoms with E-state index in [1.54, 1.807) is 0 Å². The molecule has 0 saturated heterocycles. The molecule has 4 rings (SSSR count). The Morgan fingerprint density at radius 3 is 2.40 bits per heavy atom. The van der Waals surface area contributed by atoms with Crippen LogP contribution < -0.4 is 5.32 Å². The smallest absolute Gasteiger partial charge is 0.0624 e. The third-order valence-electron chi connectivity index (χ3n) is 6.27. The van der Waals surface area contributed by atoms with Gasteiger partial charge in [-0.05, 0) is 81.1 Å². The largest absolute Gasteiger partial charge is 0.380 e. The lowest BCUT2D eigenvalue weighted by Crippen LogP contribution is -2.60. The van der Waals surface area contributed by atoms with Gasteiger partial charge in [0.2, 0.25) is 0 Å². The van der Waals surface area contributed by atoms with Gasteiger partial charge in [0.25, 0.3) is 0 Å². The van der Waals surface area contributed by atoms with Gasteiger partial charge in [0.15, 0.2) is 0 Å². The van der Waals surface area contributed by atoms with Gasteiger partial charge in [0.1, 0.15) is 0 Å². The van der Waals surface area contributed by atoms with Gasteiger partial charge in [-0.15, -0.1) is 0 Å². The maximum Gasteiger partial charge on any atom is 0.0624 e. The molecule has 0 aliphatic heterocycles. The topological polar surface area (TPSA) is 21.3 Å². The molecule has 4 aliphatic carbocycles. The number of rotatable bonds is 7. The molecule has 4 saturated carbocycles. The highest BCUT2D eigenvalue weighted by molar-refractivity contribution is 5.09. The monoisotopic (exact) mass is 279 g/mol. The summed E-state index contributed by atoms with van der Waals surface area (Å²) in [5.41, 5.74) is 1.19. The second kappa shape index (κ2) is 5.61. The van der Waals surface area contributed by atoms with Gasteiger partial charge in [-0.2, -0.15) is 0 Å². The molecule has 0 aromatic carbocycles. The van der Waals surface area contributed by atoms with Crippen molar-refractivity contribution in [1.82, 2.24) is 5.32 Å². The van der Waals surface area contributed by atoms with Crippen LogP contribution in [0.3, 0.4) is 0 Å². The molecule has 2 nitrogen and oxygen atoms in total. The number of nitrogens with one attached hydrogen (secondary N) is 1. The first-order chi connectivity index (χ1) is 9.59. The van der Waals surface area contributed by atoms with E-state index >= 15 is 0 Å². The number of ether oxygens (including phenoxy) is 1. The van der Waals surface area contributed by atoms with Gasteiger partial charge in [0, 0.05) is 12.6 Å². The molecule has 4 aliphatic rings. The third kappa shape index (κ3) is 2.66. The summed E-state index contributed by atoms with van der Waals surface area (Å²) < 4.78 is 5.85. The van der Waals surface area contributed by atoms with Crippen molar-refractivity contribution < 1.29 is 4.74 Å². The van der Waals surface area contributed by atoms with E-state index in [9.17, 15) is 0 Å². The molecule has 0 heterocycles. The van der Waals surface area contributed by atoms with Crippen LogP contribution in [0.1, 0.15) is 65.7 Å². The normalized spacial score (nSPS) is 44.0. The van der Waals surface area contributed by atoms with E-state index in [1.807, 2.05) is 0 Å². The Balaban J connectivity index is 1.77. The molecule has 0 aromatic rings. The van der Waals surface area contributed by atoms with Gasteiger partial charge in [-0.3, -0.25) is 0 Å². The number of hydrogen-bond acceptors (Lipinski definition) is 2. The molecule has 4 bridgehead atoms. The molecule has 116 valence electrons. The maximum atomic E-state index is 5.85. The minimum atomic E-state index is 0.545. The molecule has 0 radical (unpaired) electrons. The standard InChI is InChI=1S/C18H33NO/c1-4-6-19-16(12-20-5-2)18-10-14-7-15(11-18)9-17(3,8-14)13-18/h14-16,19H,4-13H2,1-3H3. The Hall–Kier alpha value is -0.0800. The van der Waals surface area contributed by atoms with Crippen LogP contribution in [0.4, 0.5) is 0 Å². The quantitative estimate of drug-likeness (QED) is 0.760. The van der Waals surface area contributed by atoms with Gasteiger partial charge >= 0.3 is 0 Å². The molecular weight excluding hydrogens is 246 g/mol. The average Bonchev–Trinajstić information content (AvgIpc) is 2.35. The zero-order chi connectivity index (χ0) is 14.2. The van der Waals surface area contributed by atoms with Crippen LogP contribution in [0.15, 0.2) is 0 Å². The summed E-state index contributed by atoms with van der Waals surface area (Å²) >= 11 is 0. The molecule has 3 atom stereocenters. The molecule has 3 unspecified atom stereocenters. The van der Waals surface area contributed by atoms with Gasteiger partial charge in [-0.25, -0.2) is 0 Å². The Labute approximate surface area is 125 Å². The van der Waals surface area contributed by atoms with Crippen LogP contribution in [0.2, 0.25) is 0 Å². The van der Waals surface area contributed by atoms with Gasteiger partial charge in [0.05, 0.1) is 6.61 Å². The maximum absolute atomic E-state index is 5.85. The molecule has 0 aromatic heterocycles. The average molecular weight is 279 g/mol. The molecule has 1 N–H and O–H groups in total. The Bertz CT molecular complexity index is 318. The highest BCUT2D eigenvalue weighted by atomic mass is 16.5. The summed E-state index contributed by atoms with van der Waals surface area (Å²) in [6.07, 6.45) is 10.1. The van der Waals surface area contributed by atoms with Crippen molar-refractivity contribution in [2.75, 3.05) is 19.8 Å². The highest BCUT2D eigenvalue weighted by Crippen LogP contribution is 2.66. The van der Waals surface area contributed by atoms with Gasteiger partial charge < -0.3 is 10.1 Å². The zero-order valence-electron chi connectivity index (χ0n) is 13.7. The highest BCUT2D eigenvalue weighted by Gasteiger charge is 2.58. The fourth-order valence-corrected chi connectivity index (χ4v) is 6.21. The van der Waals surface area contributed by atoms with Crippen LogP contribution in [0, 0.1) is 22.7 Å². The third-order valence-corrected chi connectivity index (χ3v) is 6.27. The summed E-state index contributed by atoms with van der Waals surface area (Å²) in [6.45, 7) is 9.88. The first-order valence-corrected chi connectivity index (χ1v) is 8.90. The van der Waals surface area contributed by atoms with E-state index < -0.39 is 0 Å². The van der Waals surface area contributed by atoms with Crippen molar-refractivity contribution in [2.45, 2.75) is 71.8 Å². The predicted octanol–water partition coefficient (Wildman–Crippen LogP) is 4.00. The van der Waals surface area contributed by atoms with Crippen molar-refractivity contribution in [3.05, 3.63) is 0 Å². The Morgan fingerprint density at radius 2 is 1.85 bits per heavy atom. The van der Waals surface area contributed by atoms with Crippen LogP contribution in [-0.2, 0) is 4.74 Å². The fraction of sp³-hybridized carbons (Fsp3) is 1.00. The van der Waals surface area contributed by atoms with E-state index in [0.29, 0.717) is 16.9 Å². The van der Waals surface area contributed by atoms with E-state index in [2.05, 4.69) is 26.1 Å². The second-order valence-corrected chi connectivity index (χ2v) is 8.30. The lowest BCUT2D eigenvalue weighted by atomic mass is 9.43. The minimum Gasteiger partial charge on any atom is -0.380 e. The van der Waals surface area contributed by atoms with Crippen molar-refractivity contribution in [2.24, 2.45) is 22.7 Å². The molecule has 4 fully saturated rings. The van der Waals surface area contributed by atoms with Crippen LogP contribution in [-0.4, -0.2) is 25.8 Å². The van der Waals surface area contributed by atoms with E-state index in [-0.39, 0.29) is 0 Å². The predicted molar refractivity (Wildman–Crippen MR) is 83.8 cm³/mol. The Kier molecular flexibility index (Phi) is 4.16. The zero-order valence-corrected chi connectivity index (χ0v) is 13.7. The summed E-state index contributed by atoms with van der Waals surface area (Å²) in [7, 11) is 0. The summed E-state index contributed by atoms with van der Waals surface area (Å²) in [5.74, 6) is 2.02. The summed E-state index contributed by atoms with van der Waals surface area (Å²) in [4.78, 5) is 0. The molecule has 2 heteroatoms. The first kappa shape index (κ1) is 14.8. The molecule has 20 heavy (non-hydrogen) atoms. The van der Waals surface area contributed by atoms with Gasteiger partial charge in [-0.1, -0.05) is 13.8 Å². The molecular formula is C18H33NO. The SMILES string of the molecule is CCCNC(COCC)C12CC3CC(CC(C)(C3)C1)C2. The van der Waals surface area contributed by atoms with Crippen molar-refractivity contribution >= 4 is 0 Å². The molecule has 0 spiro atoms. The van der Waals surface area contributed by atoms with E-state index in [0.717, 1.165) is 31.6 Å². The van der Waals surface area contributed by atoms with Crippen molar-refractivity contribution in [3.63, 3.8) is 0 Å². The lowest BCUT2D eigenvalue weighted by molar-refractivity contribution is -0.127. The minimum absolute atomic E-state index is 0.545. The van der Waals surface area contributed by atoms with E-state index in [4.69, 9.17) is 4.74 Å². The Morgan fingerprint density at radius 1 is 1.15 bits per heavy atom.